The smallest absolute Gasteiger partial charge is 0.303 e. The average Bonchev–Trinajstić information content (AvgIpc) is 2.52. The number of carbonyl (C=O) groups is 1. The minimum Gasteiger partial charge on any atom is -0.481 e. The molecule has 138 valence electrons. The van der Waals surface area contributed by atoms with Gasteiger partial charge in [-0.2, -0.15) is 0 Å². The number of unbranched alkanes of at least 4 members (excludes halogenated alkanes) is 12. The number of aliphatic hydroxyl groups excluding tert-OH is 1. The topological polar surface area (TPSA) is 57.5 Å². The second-order valence-corrected chi connectivity index (χ2v) is 6.97. The van der Waals surface area contributed by atoms with Gasteiger partial charge in [0.25, 0.3) is 0 Å². The molecule has 0 radical (unpaired) electrons. The van der Waals surface area contributed by atoms with E-state index in [1.807, 2.05) is 0 Å². The second kappa shape index (κ2) is 17.8. The van der Waals surface area contributed by atoms with Crippen LogP contribution in [0.1, 0.15) is 116 Å². The lowest BCUT2D eigenvalue weighted by molar-refractivity contribution is -0.137. The first-order valence-corrected chi connectivity index (χ1v) is 10.1. The molecule has 3 heteroatoms. The van der Waals surface area contributed by atoms with Crippen molar-refractivity contribution < 1.29 is 15.0 Å². The highest BCUT2D eigenvalue weighted by Crippen LogP contribution is 2.14. The zero-order valence-corrected chi connectivity index (χ0v) is 15.4. The lowest BCUT2D eigenvalue weighted by atomic mass is 10.0. The van der Waals surface area contributed by atoms with Gasteiger partial charge in [-0.1, -0.05) is 90.4 Å². The Morgan fingerprint density at radius 1 is 0.696 bits per heavy atom. The quantitative estimate of drug-likeness (QED) is 0.300. The Morgan fingerprint density at radius 2 is 1.09 bits per heavy atom. The second-order valence-electron chi connectivity index (χ2n) is 6.97. The summed E-state index contributed by atoms with van der Waals surface area (Å²) in [5, 5.41) is 18.5. The predicted octanol–water partition coefficient (Wildman–Crippen LogP) is 6.08. The van der Waals surface area contributed by atoms with E-state index in [0.29, 0.717) is 6.42 Å². The highest BCUT2D eigenvalue weighted by Gasteiger charge is 2.03. The normalized spacial score (nSPS) is 12.4. The summed E-state index contributed by atoms with van der Waals surface area (Å²) in [7, 11) is 0. The van der Waals surface area contributed by atoms with Crippen LogP contribution in [0.15, 0.2) is 0 Å². The third kappa shape index (κ3) is 19.4. The Hall–Kier alpha value is -0.570. The number of hydrogen-bond acceptors (Lipinski definition) is 2. The summed E-state index contributed by atoms with van der Waals surface area (Å²) in [6, 6.07) is 0. The SMILES string of the molecule is CCCCCCCCC(O)CCCCCCCCCCC(=O)O. The monoisotopic (exact) mass is 328 g/mol. The van der Waals surface area contributed by atoms with Crippen molar-refractivity contribution in [1.82, 2.24) is 0 Å². The van der Waals surface area contributed by atoms with Gasteiger partial charge >= 0.3 is 5.97 Å². The number of aliphatic hydroxyl groups is 1. The maximum Gasteiger partial charge on any atom is 0.303 e. The van der Waals surface area contributed by atoms with Crippen LogP contribution in [0.3, 0.4) is 0 Å². The molecule has 0 aromatic carbocycles. The van der Waals surface area contributed by atoms with Crippen molar-refractivity contribution >= 4 is 5.97 Å². The van der Waals surface area contributed by atoms with Crippen LogP contribution in [0.4, 0.5) is 0 Å². The van der Waals surface area contributed by atoms with E-state index in [2.05, 4.69) is 6.92 Å². The standard InChI is InChI=1S/C20H40O3/c1-2-3-4-5-10-13-16-19(21)17-14-11-8-6-7-9-12-15-18-20(22)23/h19,21H,2-18H2,1H3,(H,22,23). The third-order valence-corrected chi connectivity index (χ3v) is 4.57. The van der Waals surface area contributed by atoms with Crippen molar-refractivity contribution in [2.75, 3.05) is 0 Å². The molecule has 23 heavy (non-hydrogen) atoms. The molecule has 1 unspecified atom stereocenters. The van der Waals surface area contributed by atoms with E-state index >= 15 is 0 Å². The lowest BCUT2D eigenvalue weighted by Gasteiger charge is -2.10. The van der Waals surface area contributed by atoms with Crippen LogP contribution in [0, 0.1) is 0 Å². The molecule has 0 aromatic rings. The van der Waals surface area contributed by atoms with Crippen LogP contribution in [0.5, 0.6) is 0 Å². The van der Waals surface area contributed by atoms with Gasteiger partial charge in [-0.05, 0) is 19.3 Å². The van der Waals surface area contributed by atoms with Gasteiger partial charge in [-0.3, -0.25) is 4.79 Å². The Balaban J connectivity index is 3.14. The van der Waals surface area contributed by atoms with Crippen LogP contribution >= 0.6 is 0 Å². The van der Waals surface area contributed by atoms with Crippen LogP contribution in [0.2, 0.25) is 0 Å². The summed E-state index contributed by atoms with van der Waals surface area (Å²) in [4.78, 5) is 10.4. The molecule has 3 nitrogen and oxygen atoms in total. The molecule has 0 saturated carbocycles. The molecule has 0 aliphatic carbocycles. The Morgan fingerprint density at radius 3 is 1.52 bits per heavy atom. The summed E-state index contributed by atoms with van der Waals surface area (Å²) in [6.07, 6.45) is 19.1. The molecule has 2 N–H and O–H groups in total. The molecular weight excluding hydrogens is 288 g/mol. The summed E-state index contributed by atoms with van der Waals surface area (Å²) < 4.78 is 0. The zero-order chi connectivity index (χ0) is 17.2. The molecule has 0 amide bonds. The van der Waals surface area contributed by atoms with Gasteiger partial charge in [0.1, 0.15) is 0 Å². The van der Waals surface area contributed by atoms with Crippen LogP contribution in [-0.4, -0.2) is 22.3 Å². The molecular formula is C20H40O3. The molecule has 0 aliphatic rings. The summed E-state index contributed by atoms with van der Waals surface area (Å²) in [5.74, 6) is -0.676. The lowest BCUT2D eigenvalue weighted by Crippen LogP contribution is -2.05. The summed E-state index contributed by atoms with van der Waals surface area (Å²) in [6.45, 7) is 2.24. The minimum absolute atomic E-state index is 0.0859. The number of hydrogen-bond donors (Lipinski definition) is 2. The number of rotatable bonds is 18. The van der Waals surface area contributed by atoms with Crippen molar-refractivity contribution in [2.45, 2.75) is 122 Å². The first-order chi connectivity index (χ1) is 11.2. The minimum atomic E-state index is -0.676. The number of carboxylic acids is 1. The molecule has 0 aliphatic heterocycles. The Bertz CT molecular complexity index is 253. The van der Waals surface area contributed by atoms with E-state index in [4.69, 9.17) is 5.11 Å². The van der Waals surface area contributed by atoms with E-state index in [9.17, 15) is 9.90 Å². The Kier molecular flexibility index (Phi) is 17.3. The maximum absolute atomic E-state index is 10.4. The fourth-order valence-electron chi connectivity index (χ4n) is 3.02. The van der Waals surface area contributed by atoms with Crippen molar-refractivity contribution in [2.24, 2.45) is 0 Å². The first kappa shape index (κ1) is 22.4. The number of aliphatic carboxylic acids is 1. The molecule has 0 fully saturated rings. The highest BCUT2D eigenvalue weighted by molar-refractivity contribution is 5.66. The van der Waals surface area contributed by atoms with Crippen molar-refractivity contribution in [3.63, 3.8) is 0 Å². The maximum atomic E-state index is 10.4. The third-order valence-electron chi connectivity index (χ3n) is 4.57. The fraction of sp³-hybridized carbons (Fsp3) is 0.950. The van der Waals surface area contributed by atoms with E-state index in [-0.39, 0.29) is 6.10 Å². The van der Waals surface area contributed by atoms with Crippen LogP contribution in [-0.2, 0) is 4.79 Å². The largest absolute Gasteiger partial charge is 0.481 e. The fourth-order valence-corrected chi connectivity index (χ4v) is 3.02. The highest BCUT2D eigenvalue weighted by atomic mass is 16.4. The molecule has 0 rings (SSSR count). The van der Waals surface area contributed by atoms with E-state index in [1.165, 1.54) is 64.2 Å². The molecule has 0 aromatic heterocycles. The van der Waals surface area contributed by atoms with Gasteiger partial charge in [0.2, 0.25) is 0 Å². The molecule has 0 spiro atoms. The van der Waals surface area contributed by atoms with Gasteiger partial charge in [-0.25, -0.2) is 0 Å². The van der Waals surface area contributed by atoms with Crippen molar-refractivity contribution in [1.29, 1.82) is 0 Å². The number of carboxylic acid groups (broad SMARTS) is 1. The van der Waals surface area contributed by atoms with Crippen LogP contribution in [0.25, 0.3) is 0 Å². The van der Waals surface area contributed by atoms with Gasteiger partial charge < -0.3 is 10.2 Å². The molecule has 0 bridgehead atoms. The molecule has 0 heterocycles. The predicted molar refractivity (Wildman–Crippen MR) is 97.8 cm³/mol. The summed E-state index contributed by atoms with van der Waals surface area (Å²) in [5.41, 5.74) is 0. The van der Waals surface area contributed by atoms with Crippen molar-refractivity contribution in [3.8, 4) is 0 Å². The molecule has 1 atom stereocenters. The van der Waals surface area contributed by atoms with Crippen LogP contribution < -0.4 is 0 Å². The average molecular weight is 329 g/mol. The molecule has 0 saturated heterocycles. The van der Waals surface area contributed by atoms with Gasteiger partial charge in [-0.15, -0.1) is 0 Å². The zero-order valence-electron chi connectivity index (χ0n) is 15.4. The Labute approximate surface area is 143 Å². The van der Waals surface area contributed by atoms with E-state index in [0.717, 1.165) is 38.5 Å². The van der Waals surface area contributed by atoms with E-state index in [1.54, 1.807) is 0 Å². The van der Waals surface area contributed by atoms with Gasteiger partial charge in [0, 0.05) is 6.42 Å². The summed E-state index contributed by atoms with van der Waals surface area (Å²) >= 11 is 0. The first-order valence-electron chi connectivity index (χ1n) is 10.1. The van der Waals surface area contributed by atoms with Gasteiger partial charge in [0.05, 0.1) is 6.10 Å². The van der Waals surface area contributed by atoms with Crippen molar-refractivity contribution in [3.05, 3.63) is 0 Å². The van der Waals surface area contributed by atoms with E-state index < -0.39 is 5.97 Å². The van der Waals surface area contributed by atoms with Gasteiger partial charge in [0.15, 0.2) is 0 Å².